The molecule has 4 rings (SSSR count). The minimum Gasteiger partial charge on any atom is -0.493 e. The lowest BCUT2D eigenvalue weighted by Crippen LogP contribution is -2.32. The standard InChI is InChI=1S/C31H35N3O6/c1-18(20-9-7-6-8-10-20)33-28(37)17-32-25-14-12-22-23(16-26(25)36)24(34-19(2)35)13-11-21-15-27(38-3)30(39-4)31(40-5)29(21)22/h6-10,12,14-16,18,24H,11,13,17H2,1-5H3,(H,32,36)(H,33,37)(H,34,35)/t18-,24-/m1/s1. The molecule has 1 aliphatic rings. The van der Waals surface area contributed by atoms with E-state index in [1.165, 1.54) is 20.1 Å². The summed E-state index contributed by atoms with van der Waals surface area (Å²) in [7, 11) is 4.65. The van der Waals surface area contributed by atoms with Gasteiger partial charge >= 0.3 is 0 Å². The highest BCUT2D eigenvalue weighted by Gasteiger charge is 2.29. The summed E-state index contributed by atoms with van der Waals surface area (Å²) in [5.41, 5.74) is 4.02. The average Bonchev–Trinajstić information content (AvgIpc) is 3.19. The first-order valence-corrected chi connectivity index (χ1v) is 13.1. The van der Waals surface area contributed by atoms with Gasteiger partial charge in [0.05, 0.1) is 45.6 Å². The molecule has 210 valence electrons. The Morgan fingerprint density at radius 2 is 1.70 bits per heavy atom. The zero-order valence-electron chi connectivity index (χ0n) is 23.4. The van der Waals surface area contributed by atoms with Gasteiger partial charge in [0.2, 0.25) is 23.0 Å². The predicted octanol–water partition coefficient (Wildman–Crippen LogP) is 4.15. The second-order valence-corrected chi connectivity index (χ2v) is 9.65. The van der Waals surface area contributed by atoms with Crippen LogP contribution in [-0.4, -0.2) is 39.7 Å². The van der Waals surface area contributed by atoms with Crippen LogP contribution in [0.5, 0.6) is 17.2 Å². The van der Waals surface area contributed by atoms with Crippen molar-refractivity contribution in [2.75, 3.05) is 33.2 Å². The monoisotopic (exact) mass is 545 g/mol. The van der Waals surface area contributed by atoms with E-state index in [1.807, 2.05) is 49.4 Å². The summed E-state index contributed by atoms with van der Waals surface area (Å²) >= 11 is 0. The molecule has 0 spiro atoms. The van der Waals surface area contributed by atoms with Crippen molar-refractivity contribution < 1.29 is 23.8 Å². The van der Waals surface area contributed by atoms with Gasteiger partial charge in [0, 0.05) is 12.5 Å². The summed E-state index contributed by atoms with van der Waals surface area (Å²) < 4.78 is 17.0. The maximum Gasteiger partial charge on any atom is 0.239 e. The molecule has 0 aliphatic heterocycles. The number of ether oxygens (including phenoxy) is 3. The zero-order valence-corrected chi connectivity index (χ0v) is 23.4. The van der Waals surface area contributed by atoms with Crippen LogP contribution in [0.25, 0.3) is 11.1 Å². The molecule has 0 bridgehead atoms. The normalized spacial score (nSPS) is 14.5. The van der Waals surface area contributed by atoms with Crippen molar-refractivity contribution in [2.24, 2.45) is 0 Å². The number of aryl methyl sites for hydroxylation is 1. The van der Waals surface area contributed by atoms with Crippen LogP contribution < -0.4 is 35.6 Å². The molecule has 0 aromatic heterocycles. The summed E-state index contributed by atoms with van der Waals surface area (Å²) in [6.45, 7) is 3.27. The highest BCUT2D eigenvalue weighted by Crippen LogP contribution is 2.50. The van der Waals surface area contributed by atoms with Gasteiger partial charge in [0.1, 0.15) is 0 Å². The first-order chi connectivity index (χ1) is 19.3. The number of fused-ring (bicyclic) bond motifs is 3. The van der Waals surface area contributed by atoms with Crippen molar-refractivity contribution in [3.8, 4) is 28.4 Å². The summed E-state index contributed by atoms with van der Waals surface area (Å²) in [4.78, 5) is 38.2. The molecule has 2 atom stereocenters. The van der Waals surface area contributed by atoms with Gasteiger partial charge in [-0.25, -0.2) is 0 Å². The molecule has 9 heteroatoms. The number of carbonyl (C=O) groups excluding carboxylic acids is 2. The van der Waals surface area contributed by atoms with Crippen LogP contribution in [0, 0.1) is 0 Å². The lowest BCUT2D eigenvalue weighted by atomic mass is 9.95. The Balaban J connectivity index is 1.73. The lowest BCUT2D eigenvalue weighted by molar-refractivity contribution is -0.120. The summed E-state index contributed by atoms with van der Waals surface area (Å²) in [5.74, 6) is 0.989. The number of anilines is 1. The summed E-state index contributed by atoms with van der Waals surface area (Å²) in [6, 6.07) is 16.0. The number of amides is 2. The van der Waals surface area contributed by atoms with Crippen LogP contribution in [0.4, 0.5) is 5.69 Å². The van der Waals surface area contributed by atoms with Gasteiger partial charge in [-0.2, -0.15) is 0 Å². The van der Waals surface area contributed by atoms with Crippen LogP contribution in [0.3, 0.4) is 0 Å². The van der Waals surface area contributed by atoms with Crippen molar-refractivity contribution in [1.29, 1.82) is 0 Å². The molecule has 0 unspecified atom stereocenters. The Labute approximate surface area is 233 Å². The van der Waals surface area contributed by atoms with Crippen molar-refractivity contribution in [3.63, 3.8) is 0 Å². The third-order valence-corrected chi connectivity index (χ3v) is 7.03. The Kier molecular flexibility index (Phi) is 8.93. The van der Waals surface area contributed by atoms with Crippen molar-refractivity contribution in [3.05, 3.63) is 81.5 Å². The molecule has 0 heterocycles. The molecule has 0 radical (unpaired) electrons. The number of rotatable bonds is 9. The number of benzene rings is 2. The number of nitrogens with one attached hydrogen (secondary N) is 3. The highest BCUT2D eigenvalue weighted by molar-refractivity contribution is 5.84. The van der Waals surface area contributed by atoms with E-state index in [-0.39, 0.29) is 35.5 Å². The van der Waals surface area contributed by atoms with E-state index in [1.54, 1.807) is 20.3 Å². The Morgan fingerprint density at radius 3 is 2.35 bits per heavy atom. The Bertz CT molecular complexity index is 1460. The van der Waals surface area contributed by atoms with Gasteiger partial charge in [0.15, 0.2) is 11.5 Å². The minimum atomic E-state index is -0.412. The Hall–Kier alpha value is -4.53. The molecule has 1 aliphatic carbocycles. The SMILES string of the molecule is COc1cc2c(c(OC)c1OC)-c1ccc(NCC(=O)N[C@H](C)c3ccccc3)c(=O)cc1[C@H](NC(C)=O)CC2. The lowest BCUT2D eigenvalue weighted by Gasteiger charge is -2.19. The van der Waals surface area contributed by atoms with Crippen LogP contribution in [0.15, 0.2) is 59.4 Å². The van der Waals surface area contributed by atoms with Crippen LogP contribution in [0.1, 0.15) is 49.0 Å². The van der Waals surface area contributed by atoms with E-state index in [0.29, 0.717) is 35.7 Å². The molecular formula is C31H35N3O6. The maximum absolute atomic E-state index is 13.4. The fourth-order valence-electron chi connectivity index (χ4n) is 5.15. The first-order valence-electron chi connectivity index (χ1n) is 13.1. The third-order valence-electron chi connectivity index (χ3n) is 7.03. The molecule has 40 heavy (non-hydrogen) atoms. The fraction of sp³-hybridized carbons (Fsp3) is 0.323. The Morgan fingerprint density at radius 1 is 0.975 bits per heavy atom. The third kappa shape index (κ3) is 6.03. The molecule has 0 saturated heterocycles. The quantitative estimate of drug-likeness (QED) is 0.370. The average molecular weight is 546 g/mol. The minimum absolute atomic E-state index is 0.0822. The summed E-state index contributed by atoms with van der Waals surface area (Å²) in [6.07, 6.45) is 1.17. The van der Waals surface area contributed by atoms with Crippen LogP contribution >= 0.6 is 0 Å². The second kappa shape index (κ2) is 12.5. The molecule has 0 saturated carbocycles. The molecule has 9 nitrogen and oxygen atoms in total. The summed E-state index contributed by atoms with van der Waals surface area (Å²) in [5, 5.41) is 8.92. The number of hydrogen-bond donors (Lipinski definition) is 3. The second-order valence-electron chi connectivity index (χ2n) is 9.65. The van der Waals surface area contributed by atoms with E-state index < -0.39 is 6.04 Å². The number of methoxy groups -OCH3 is 3. The number of carbonyl (C=O) groups is 2. The molecule has 0 fully saturated rings. The van der Waals surface area contributed by atoms with Gasteiger partial charge in [-0.3, -0.25) is 14.4 Å². The molecular weight excluding hydrogens is 510 g/mol. The largest absolute Gasteiger partial charge is 0.493 e. The van der Waals surface area contributed by atoms with E-state index in [2.05, 4.69) is 16.0 Å². The molecule has 3 N–H and O–H groups in total. The van der Waals surface area contributed by atoms with Gasteiger partial charge in [-0.15, -0.1) is 0 Å². The van der Waals surface area contributed by atoms with Crippen molar-refractivity contribution in [1.82, 2.24) is 10.6 Å². The van der Waals surface area contributed by atoms with E-state index >= 15 is 0 Å². The van der Waals surface area contributed by atoms with Crippen molar-refractivity contribution >= 4 is 17.5 Å². The van der Waals surface area contributed by atoms with Crippen LogP contribution in [0.2, 0.25) is 0 Å². The van der Waals surface area contributed by atoms with E-state index in [9.17, 15) is 14.4 Å². The smallest absolute Gasteiger partial charge is 0.239 e. The van der Waals surface area contributed by atoms with Gasteiger partial charge in [-0.1, -0.05) is 36.4 Å². The molecule has 3 aromatic rings. The molecule has 2 amide bonds. The van der Waals surface area contributed by atoms with Gasteiger partial charge in [-0.05, 0) is 60.2 Å². The zero-order chi connectivity index (χ0) is 28.8. The van der Waals surface area contributed by atoms with Crippen LogP contribution in [-0.2, 0) is 16.0 Å². The van der Waals surface area contributed by atoms with E-state index in [0.717, 1.165) is 22.3 Å². The topological polar surface area (TPSA) is 115 Å². The predicted molar refractivity (Wildman–Crippen MR) is 154 cm³/mol. The van der Waals surface area contributed by atoms with Gasteiger partial charge < -0.3 is 30.2 Å². The first kappa shape index (κ1) is 28.5. The van der Waals surface area contributed by atoms with Gasteiger partial charge in [0.25, 0.3) is 0 Å². The highest BCUT2D eigenvalue weighted by atomic mass is 16.5. The fourth-order valence-corrected chi connectivity index (χ4v) is 5.15. The number of hydrogen-bond acceptors (Lipinski definition) is 7. The van der Waals surface area contributed by atoms with Crippen molar-refractivity contribution in [2.45, 2.75) is 38.8 Å². The molecule has 3 aromatic carbocycles. The van der Waals surface area contributed by atoms with E-state index in [4.69, 9.17) is 14.2 Å². The maximum atomic E-state index is 13.4.